The number of aromatic amines is 1. The van der Waals surface area contributed by atoms with Crippen LogP contribution in [0, 0.1) is 12.7 Å². The number of nitrogens with one attached hydrogen (secondary N) is 2. The summed E-state index contributed by atoms with van der Waals surface area (Å²) in [7, 11) is 3.45. The van der Waals surface area contributed by atoms with Gasteiger partial charge in [0.1, 0.15) is 11.5 Å². The maximum Gasteiger partial charge on any atom is 0.276 e. The Kier molecular flexibility index (Phi) is 4.65. The SMILES string of the molecule is Cc1ccc(F)c(-n2nc(C(=O)Nc3c(N(C)C)nc[nH]c3=O)c3c2CCC3)c1. The number of amides is 1. The van der Waals surface area contributed by atoms with E-state index in [4.69, 9.17) is 0 Å². The number of aromatic nitrogens is 4. The summed E-state index contributed by atoms with van der Waals surface area (Å²) in [6.45, 7) is 1.87. The summed E-state index contributed by atoms with van der Waals surface area (Å²) in [5.74, 6) is -0.585. The first-order valence-electron chi connectivity index (χ1n) is 9.30. The Hall–Kier alpha value is -3.49. The summed E-state index contributed by atoms with van der Waals surface area (Å²) in [6.07, 6.45) is 3.52. The van der Waals surface area contributed by atoms with E-state index in [2.05, 4.69) is 20.4 Å². The second-order valence-corrected chi connectivity index (χ2v) is 7.27. The number of halogens is 1. The third kappa shape index (κ3) is 3.28. The van der Waals surface area contributed by atoms with Gasteiger partial charge in [0, 0.05) is 25.4 Å². The number of hydrogen-bond donors (Lipinski definition) is 2. The maximum absolute atomic E-state index is 14.5. The summed E-state index contributed by atoms with van der Waals surface area (Å²) >= 11 is 0. The van der Waals surface area contributed by atoms with Gasteiger partial charge in [-0.15, -0.1) is 0 Å². The molecule has 8 nitrogen and oxygen atoms in total. The Morgan fingerprint density at radius 3 is 2.86 bits per heavy atom. The number of rotatable bonds is 4. The molecular weight excluding hydrogens is 375 g/mol. The van der Waals surface area contributed by atoms with Gasteiger partial charge < -0.3 is 15.2 Å². The molecule has 150 valence electrons. The van der Waals surface area contributed by atoms with Gasteiger partial charge in [-0.05, 0) is 43.9 Å². The molecule has 9 heteroatoms. The molecule has 1 aliphatic rings. The Morgan fingerprint density at radius 1 is 1.31 bits per heavy atom. The van der Waals surface area contributed by atoms with Crippen molar-refractivity contribution in [1.29, 1.82) is 0 Å². The van der Waals surface area contributed by atoms with Gasteiger partial charge in [-0.2, -0.15) is 5.10 Å². The van der Waals surface area contributed by atoms with E-state index in [1.54, 1.807) is 31.1 Å². The summed E-state index contributed by atoms with van der Waals surface area (Å²) in [5.41, 5.74) is 2.61. The van der Waals surface area contributed by atoms with Gasteiger partial charge in [0.15, 0.2) is 17.2 Å². The molecule has 0 atom stereocenters. The van der Waals surface area contributed by atoms with Crippen LogP contribution in [-0.2, 0) is 12.8 Å². The van der Waals surface area contributed by atoms with Crippen molar-refractivity contribution in [3.05, 3.63) is 63.2 Å². The molecule has 0 radical (unpaired) electrons. The van der Waals surface area contributed by atoms with Crippen LogP contribution in [0.1, 0.15) is 33.7 Å². The van der Waals surface area contributed by atoms with E-state index in [0.717, 1.165) is 23.2 Å². The molecule has 0 unspecified atom stereocenters. The lowest BCUT2D eigenvalue weighted by Gasteiger charge is -2.15. The van der Waals surface area contributed by atoms with Crippen LogP contribution in [0.5, 0.6) is 0 Å². The van der Waals surface area contributed by atoms with Crippen molar-refractivity contribution in [2.45, 2.75) is 26.2 Å². The largest absolute Gasteiger partial charge is 0.361 e. The van der Waals surface area contributed by atoms with Gasteiger partial charge in [-0.25, -0.2) is 14.1 Å². The number of carbonyl (C=O) groups excluding carboxylic acids is 1. The van der Waals surface area contributed by atoms with Crippen molar-refractivity contribution in [3.8, 4) is 5.69 Å². The van der Waals surface area contributed by atoms with Crippen molar-refractivity contribution in [3.63, 3.8) is 0 Å². The number of H-pyrrole nitrogens is 1. The monoisotopic (exact) mass is 396 g/mol. The van der Waals surface area contributed by atoms with E-state index in [9.17, 15) is 14.0 Å². The highest BCUT2D eigenvalue weighted by Crippen LogP contribution is 2.29. The second-order valence-electron chi connectivity index (χ2n) is 7.27. The van der Waals surface area contributed by atoms with Crippen LogP contribution in [0.25, 0.3) is 5.69 Å². The molecule has 3 aromatic rings. The van der Waals surface area contributed by atoms with Crippen LogP contribution < -0.4 is 15.8 Å². The molecule has 0 saturated heterocycles. The fourth-order valence-corrected chi connectivity index (χ4v) is 3.62. The van der Waals surface area contributed by atoms with Crippen LogP contribution in [0.2, 0.25) is 0 Å². The number of aryl methyl sites for hydroxylation is 1. The van der Waals surface area contributed by atoms with Gasteiger partial charge in [0.25, 0.3) is 11.5 Å². The standard InChI is InChI=1S/C20H21FN6O2/c1-11-7-8-13(21)15(9-11)27-14-6-4-5-12(14)16(25-27)20(29)24-17-18(26(2)3)22-10-23-19(17)28/h7-10H,4-6H2,1-3H3,(H,24,29)(H,22,23,28). The quantitative estimate of drug-likeness (QED) is 0.705. The highest BCUT2D eigenvalue weighted by atomic mass is 19.1. The van der Waals surface area contributed by atoms with Crippen LogP contribution in [-0.4, -0.2) is 39.8 Å². The van der Waals surface area contributed by atoms with Crippen molar-refractivity contribution < 1.29 is 9.18 Å². The van der Waals surface area contributed by atoms with Crippen LogP contribution in [0.15, 0.2) is 29.3 Å². The predicted molar refractivity (Wildman–Crippen MR) is 107 cm³/mol. The molecule has 2 heterocycles. The zero-order valence-electron chi connectivity index (χ0n) is 16.4. The molecule has 2 N–H and O–H groups in total. The third-order valence-electron chi connectivity index (χ3n) is 4.97. The number of benzene rings is 1. The Morgan fingerprint density at radius 2 is 2.10 bits per heavy atom. The van der Waals surface area contributed by atoms with Gasteiger partial charge in [-0.3, -0.25) is 9.59 Å². The highest BCUT2D eigenvalue weighted by molar-refractivity contribution is 6.05. The molecule has 2 aromatic heterocycles. The lowest BCUT2D eigenvalue weighted by molar-refractivity contribution is 0.102. The van der Waals surface area contributed by atoms with Crippen molar-refractivity contribution in [2.24, 2.45) is 0 Å². The van der Waals surface area contributed by atoms with E-state index in [0.29, 0.717) is 24.3 Å². The van der Waals surface area contributed by atoms with E-state index < -0.39 is 17.3 Å². The lowest BCUT2D eigenvalue weighted by Crippen LogP contribution is -2.25. The minimum Gasteiger partial charge on any atom is -0.361 e. The average Bonchev–Trinajstić information content (AvgIpc) is 3.28. The second kappa shape index (κ2) is 7.16. The Balaban J connectivity index is 1.77. The number of fused-ring (bicyclic) bond motifs is 1. The summed E-state index contributed by atoms with van der Waals surface area (Å²) in [5, 5.41) is 7.06. The molecule has 0 spiro atoms. The first-order valence-corrected chi connectivity index (χ1v) is 9.30. The van der Waals surface area contributed by atoms with E-state index in [-0.39, 0.29) is 11.4 Å². The third-order valence-corrected chi connectivity index (χ3v) is 4.97. The highest BCUT2D eigenvalue weighted by Gasteiger charge is 2.29. The van der Waals surface area contributed by atoms with Crippen molar-refractivity contribution >= 4 is 17.4 Å². The topological polar surface area (TPSA) is 95.9 Å². The molecule has 4 rings (SSSR count). The molecule has 1 amide bonds. The predicted octanol–water partition coefficient (Wildman–Crippen LogP) is 2.21. The zero-order chi connectivity index (χ0) is 20.7. The van der Waals surface area contributed by atoms with Gasteiger partial charge in [0.05, 0.1) is 6.33 Å². The van der Waals surface area contributed by atoms with Crippen LogP contribution >= 0.6 is 0 Å². The number of hydrogen-bond acceptors (Lipinski definition) is 5. The molecule has 0 fully saturated rings. The minimum atomic E-state index is -0.517. The number of nitrogens with zero attached hydrogens (tertiary/aromatic N) is 4. The summed E-state index contributed by atoms with van der Waals surface area (Å²) in [6, 6.07) is 4.79. The molecule has 0 bridgehead atoms. The minimum absolute atomic E-state index is 0.0468. The fourth-order valence-electron chi connectivity index (χ4n) is 3.62. The first kappa shape index (κ1) is 18.9. The van der Waals surface area contributed by atoms with E-state index in [1.165, 1.54) is 17.1 Å². The zero-order valence-corrected chi connectivity index (χ0v) is 16.4. The normalized spacial score (nSPS) is 12.7. The summed E-state index contributed by atoms with van der Waals surface area (Å²) < 4.78 is 16.0. The van der Waals surface area contributed by atoms with E-state index >= 15 is 0 Å². The van der Waals surface area contributed by atoms with Crippen LogP contribution in [0.3, 0.4) is 0 Å². The van der Waals surface area contributed by atoms with Crippen LogP contribution in [0.4, 0.5) is 15.9 Å². The van der Waals surface area contributed by atoms with Crippen molar-refractivity contribution in [1.82, 2.24) is 19.7 Å². The first-order chi connectivity index (χ1) is 13.9. The molecular formula is C20H21FN6O2. The molecule has 0 saturated carbocycles. The Bertz CT molecular complexity index is 1160. The summed E-state index contributed by atoms with van der Waals surface area (Å²) in [4.78, 5) is 33.5. The fraction of sp³-hybridized carbons (Fsp3) is 0.300. The number of anilines is 2. The molecule has 29 heavy (non-hydrogen) atoms. The molecule has 0 aliphatic heterocycles. The maximum atomic E-state index is 14.5. The van der Waals surface area contributed by atoms with Gasteiger partial charge in [0.2, 0.25) is 0 Å². The van der Waals surface area contributed by atoms with Crippen molar-refractivity contribution in [2.75, 3.05) is 24.3 Å². The molecule has 1 aromatic carbocycles. The smallest absolute Gasteiger partial charge is 0.276 e. The average molecular weight is 396 g/mol. The molecule has 1 aliphatic carbocycles. The lowest BCUT2D eigenvalue weighted by atomic mass is 10.2. The van der Waals surface area contributed by atoms with Gasteiger partial charge >= 0.3 is 0 Å². The Labute approximate surface area is 166 Å². The van der Waals surface area contributed by atoms with Gasteiger partial charge in [-0.1, -0.05) is 6.07 Å². The number of carbonyl (C=O) groups is 1. The van der Waals surface area contributed by atoms with E-state index in [1.807, 2.05) is 6.92 Å².